The number of carbonyl (C=O) groups is 4. The highest BCUT2D eigenvalue weighted by molar-refractivity contribution is 5.93. The number of phenolic OH excluding ortho intramolecular Hbond substituents is 1. The number of aryl methyl sites for hydroxylation is 1. The fourth-order valence-corrected chi connectivity index (χ4v) is 3.77. The summed E-state index contributed by atoms with van der Waals surface area (Å²) in [5.74, 6) is -1.85. The minimum Gasteiger partial charge on any atom is -0.507 e. The van der Waals surface area contributed by atoms with E-state index >= 15 is 0 Å². The standard InChI is InChI=1S/C27H44N4O6/c1-10-27(8,9)31(21(23(34)29-16(2)3)18-13-11-12-17(4)22(18)33)24(35)19(14-15-20(28)32)30-25(36)37-26(5,6)7/h11-13,16,19,21,33H,10,14-15H2,1-9H3,(H2,28,32)(H,29,34)(H,30,36). The number of para-hydroxylation sites is 1. The summed E-state index contributed by atoms with van der Waals surface area (Å²) < 4.78 is 5.34. The van der Waals surface area contributed by atoms with E-state index < -0.39 is 47.0 Å². The van der Waals surface area contributed by atoms with Gasteiger partial charge in [-0.1, -0.05) is 25.1 Å². The normalized spacial score (nSPS) is 13.5. The van der Waals surface area contributed by atoms with Crippen LogP contribution in [0.4, 0.5) is 4.79 Å². The molecule has 0 spiro atoms. The molecule has 10 heteroatoms. The van der Waals surface area contributed by atoms with E-state index in [1.54, 1.807) is 73.6 Å². The fourth-order valence-electron chi connectivity index (χ4n) is 3.77. The van der Waals surface area contributed by atoms with Crippen molar-refractivity contribution in [3.05, 3.63) is 29.3 Å². The van der Waals surface area contributed by atoms with Crippen molar-refractivity contribution in [1.29, 1.82) is 0 Å². The summed E-state index contributed by atoms with van der Waals surface area (Å²) >= 11 is 0. The van der Waals surface area contributed by atoms with Crippen LogP contribution in [0, 0.1) is 6.92 Å². The molecule has 0 heterocycles. The van der Waals surface area contributed by atoms with Gasteiger partial charge in [-0.3, -0.25) is 14.4 Å². The van der Waals surface area contributed by atoms with Gasteiger partial charge in [-0.25, -0.2) is 4.79 Å². The first kappa shape index (κ1) is 31.7. The quantitative estimate of drug-likeness (QED) is 0.351. The van der Waals surface area contributed by atoms with Crippen molar-refractivity contribution in [2.24, 2.45) is 5.73 Å². The number of nitrogens with zero attached hydrogens (tertiary/aromatic N) is 1. The van der Waals surface area contributed by atoms with Crippen LogP contribution in [0.25, 0.3) is 0 Å². The van der Waals surface area contributed by atoms with Crippen molar-refractivity contribution in [3.8, 4) is 5.75 Å². The van der Waals surface area contributed by atoms with Crippen LogP contribution in [-0.2, 0) is 19.1 Å². The number of nitrogens with two attached hydrogens (primary N) is 1. The number of ether oxygens (including phenoxy) is 1. The van der Waals surface area contributed by atoms with Crippen LogP contribution in [0.15, 0.2) is 18.2 Å². The first-order valence-electron chi connectivity index (χ1n) is 12.6. The largest absolute Gasteiger partial charge is 0.507 e. The van der Waals surface area contributed by atoms with E-state index in [2.05, 4.69) is 10.6 Å². The van der Waals surface area contributed by atoms with Gasteiger partial charge in [0.1, 0.15) is 23.4 Å². The predicted octanol–water partition coefficient (Wildman–Crippen LogP) is 3.44. The van der Waals surface area contributed by atoms with Gasteiger partial charge in [0.25, 0.3) is 0 Å². The number of hydrogen-bond donors (Lipinski definition) is 4. The SMILES string of the molecule is CCC(C)(C)N(C(=O)C(CCC(N)=O)NC(=O)OC(C)(C)C)C(C(=O)NC(C)C)c1cccc(C)c1O. The van der Waals surface area contributed by atoms with Gasteiger partial charge >= 0.3 is 6.09 Å². The third-order valence-corrected chi connectivity index (χ3v) is 5.92. The molecule has 4 amide bonds. The highest BCUT2D eigenvalue weighted by Gasteiger charge is 2.44. The van der Waals surface area contributed by atoms with E-state index in [4.69, 9.17) is 10.5 Å². The molecule has 0 aliphatic rings. The Bertz CT molecular complexity index is 984. The molecule has 0 aliphatic heterocycles. The number of carbonyl (C=O) groups excluding carboxylic acids is 4. The smallest absolute Gasteiger partial charge is 0.408 e. The van der Waals surface area contributed by atoms with Crippen LogP contribution in [0.5, 0.6) is 5.75 Å². The minimum atomic E-state index is -1.22. The summed E-state index contributed by atoms with van der Waals surface area (Å²) in [7, 11) is 0. The zero-order chi connectivity index (χ0) is 28.7. The number of primary amides is 1. The molecule has 1 aromatic rings. The molecule has 1 aromatic carbocycles. The Kier molecular flexibility index (Phi) is 11.0. The van der Waals surface area contributed by atoms with Gasteiger partial charge in [0.05, 0.1) is 0 Å². The molecule has 0 saturated carbocycles. The summed E-state index contributed by atoms with van der Waals surface area (Å²) in [6, 6.07) is 2.32. The van der Waals surface area contributed by atoms with Gasteiger partial charge in [0.2, 0.25) is 17.7 Å². The van der Waals surface area contributed by atoms with E-state index in [-0.39, 0.29) is 30.2 Å². The molecule has 37 heavy (non-hydrogen) atoms. The molecule has 0 aliphatic carbocycles. The Morgan fingerprint density at radius 1 is 1.08 bits per heavy atom. The maximum atomic E-state index is 14.2. The molecular weight excluding hydrogens is 476 g/mol. The van der Waals surface area contributed by atoms with Crippen LogP contribution in [-0.4, -0.2) is 57.0 Å². The van der Waals surface area contributed by atoms with Crippen LogP contribution < -0.4 is 16.4 Å². The average Bonchev–Trinajstić information content (AvgIpc) is 2.74. The first-order valence-corrected chi connectivity index (χ1v) is 12.6. The lowest BCUT2D eigenvalue weighted by Gasteiger charge is -2.45. The number of amides is 4. The molecular formula is C27H44N4O6. The molecule has 1 rings (SSSR count). The summed E-state index contributed by atoms with van der Waals surface area (Å²) in [4.78, 5) is 53.4. The number of nitrogens with one attached hydrogen (secondary N) is 2. The highest BCUT2D eigenvalue weighted by Crippen LogP contribution is 2.37. The lowest BCUT2D eigenvalue weighted by Crippen LogP contribution is -2.59. The molecule has 208 valence electrons. The highest BCUT2D eigenvalue weighted by atomic mass is 16.6. The second-order valence-corrected chi connectivity index (χ2v) is 11.2. The van der Waals surface area contributed by atoms with E-state index in [1.165, 1.54) is 4.90 Å². The molecule has 5 N–H and O–H groups in total. The third-order valence-electron chi connectivity index (χ3n) is 5.92. The average molecular weight is 521 g/mol. The summed E-state index contributed by atoms with van der Waals surface area (Å²) in [5.41, 5.74) is 4.42. The molecule has 0 bridgehead atoms. The van der Waals surface area contributed by atoms with Gasteiger partial charge in [0, 0.05) is 23.6 Å². The second-order valence-electron chi connectivity index (χ2n) is 11.2. The van der Waals surface area contributed by atoms with Crippen molar-refractivity contribution >= 4 is 23.8 Å². The minimum absolute atomic E-state index is 0.0952. The van der Waals surface area contributed by atoms with Gasteiger partial charge < -0.3 is 31.1 Å². The van der Waals surface area contributed by atoms with E-state index in [9.17, 15) is 24.3 Å². The topological polar surface area (TPSA) is 151 Å². The van der Waals surface area contributed by atoms with E-state index in [0.717, 1.165) is 0 Å². The number of benzene rings is 1. The van der Waals surface area contributed by atoms with Crippen LogP contribution >= 0.6 is 0 Å². The third kappa shape index (κ3) is 9.26. The lowest BCUT2D eigenvalue weighted by atomic mass is 9.90. The zero-order valence-corrected chi connectivity index (χ0v) is 23.6. The van der Waals surface area contributed by atoms with Crippen LogP contribution in [0.3, 0.4) is 0 Å². The number of phenols is 1. The van der Waals surface area contributed by atoms with Gasteiger partial charge in [0.15, 0.2) is 0 Å². The Hall–Kier alpha value is -3.30. The van der Waals surface area contributed by atoms with Crippen molar-refractivity contribution in [1.82, 2.24) is 15.5 Å². The van der Waals surface area contributed by atoms with Crippen LogP contribution in [0.2, 0.25) is 0 Å². The van der Waals surface area contributed by atoms with Crippen molar-refractivity contribution in [2.45, 2.75) is 111 Å². The Morgan fingerprint density at radius 3 is 2.16 bits per heavy atom. The molecule has 0 saturated heterocycles. The summed E-state index contributed by atoms with van der Waals surface area (Å²) in [6.07, 6.45) is -0.662. The lowest BCUT2D eigenvalue weighted by molar-refractivity contribution is -0.149. The number of alkyl carbamates (subject to hydrolysis) is 1. The molecule has 0 aromatic heterocycles. The predicted molar refractivity (Wildman–Crippen MR) is 142 cm³/mol. The second kappa shape index (κ2) is 12.8. The Balaban J connectivity index is 3.73. The first-order chi connectivity index (χ1) is 16.9. The van der Waals surface area contributed by atoms with Gasteiger partial charge in [-0.15, -0.1) is 0 Å². The number of hydrogen-bond acceptors (Lipinski definition) is 6. The van der Waals surface area contributed by atoms with Crippen molar-refractivity contribution in [2.75, 3.05) is 0 Å². The number of rotatable bonds is 11. The molecule has 0 radical (unpaired) electrons. The summed E-state index contributed by atoms with van der Waals surface area (Å²) in [6.45, 7) is 15.8. The summed E-state index contributed by atoms with van der Waals surface area (Å²) in [5, 5.41) is 16.4. The zero-order valence-electron chi connectivity index (χ0n) is 23.6. The Morgan fingerprint density at radius 2 is 1.68 bits per heavy atom. The van der Waals surface area contributed by atoms with Crippen molar-refractivity contribution < 1.29 is 29.0 Å². The number of aromatic hydroxyl groups is 1. The Labute approximate surface area is 220 Å². The maximum Gasteiger partial charge on any atom is 0.408 e. The fraction of sp³-hybridized carbons (Fsp3) is 0.630. The maximum absolute atomic E-state index is 14.2. The molecule has 0 fully saturated rings. The van der Waals surface area contributed by atoms with Crippen molar-refractivity contribution in [3.63, 3.8) is 0 Å². The van der Waals surface area contributed by atoms with Gasteiger partial charge in [-0.05, 0) is 73.8 Å². The monoisotopic (exact) mass is 520 g/mol. The van der Waals surface area contributed by atoms with E-state index in [0.29, 0.717) is 12.0 Å². The van der Waals surface area contributed by atoms with Crippen LogP contribution in [0.1, 0.15) is 91.8 Å². The molecule has 2 atom stereocenters. The molecule has 10 nitrogen and oxygen atoms in total. The van der Waals surface area contributed by atoms with E-state index in [1.807, 2.05) is 6.92 Å². The van der Waals surface area contributed by atoms with Gasteiger partial charge in [-0.2, -0.15) is 0 Å². The molecule has 2 unspecified atom stereocenters.